The lowest BCUT2D eigenvalue weighted by Crippen LogP contribution is -1.96. The van der Waals surface area contributed by atoms with Crippen LogP contribution in [0, 0.1) is 6.92 Å². The highest BCUT2D eigenvalue weighted by Crippen LogP contribution is 2.35. The molecule has 10 aromatic rings. The molecule has 4 nitrogen and oxygen atoms in total. The Morgan fingerprint density at radius 3 is 1.17 bits per heavy atom. The Morgan fingerprint density at radius 2 is 0.678 bits per heavy atom. The van der Waals surface area contributed by atoms with Crippen molar-refractivity contribution in [1.29, 1.82) is 0 Å². The van der Waals surface area contributed by atoms with Gasteiger partial charge in [0.05, 0.1) is 22.8 Å². The van der Waals surface area contributed by atoms with Crippen LogP contribution < -0.4 is 0 Å². The van der Waals surface area contributed by atoms with E-state index in [1.165, 1.54) is 27.5 Å². The summed E-state index contributed by atoms with van der Waals surface area (Å²) in [6.07, 6.45) is 0. The summed E-state index contributed by atoms with van der Waals surface area (Å²) in [5.41, 5.74) is 13.9. The lowest BCUT2D eigenvalue weighted by molar-refractivity contribution is 1.06. The molecule has 0 amide bonds. The van der Waals surface area contributed by atoms with Crippen LogP contribution in [0.3, 0.4) is 0 Å². The molecular weight excluding hydrogens is 717 g/mol. The number of rotatable bonds is 7. The summed E-state index contributed by atoms with van der Waals surface area (Å²) in [5.74, 6) is 1.51. The predicted octanol–water partition coefficient (Wildman–Crippen LogP) is 14.1. The molecule has 0 N–H and O–H groups in total. The number of benzene rings is 8. The van der Waals surface area contributed by atoms with Crippen molar-refractivity contribution in [3.05, 3.63) is 230 Å². The normalized spacial score (nSPS) is 10.8. The standard InChI is InChI=1S/C38H26N2.C17H14N2/c1-4-12-27(13-5-1)31-23-22-28-18-11-21-34(35(28)25-31)32-19-10-20-33(24-32)38-39-36(29-14-6-2-7-15-29)26-37(40-38)30-16-8-3-9-17-30;1-13-18-16(14-8-4-2-5-9-14)12-17(19-13)15-10-6-3-7-11-15/h1-26H;2-12H,1H3. The van der Waals surface area contributed by atoms with E-state index in [-0.39, 0.29) is 0 Å². The van der Waals surface area contributed by atoms with E-state index in [9.17, 15) is 0 Å². The molecule has 0 bridgehead atoms. The Bertz CT molecular complexity index is 2850. The van der Waals surface area contributed by atoms with E-state index in [0.29, 0.717) is 5.82 Å². The average molecular weight is 757 g/mol. The fourth-order valence-corrected chi connectivity index (χ4v) is 7.33. The number of hydrogen-bond acceptors (Lipinski definition) is 4. The molecule has 0 unspecified atom stereocenters. The quantitative estimate of drug-likeness (QED) is 0.162. The highest BCUT2D eigenvalue weighted by molar-refractivity contribution is 5.99. The molecule has 0 atom stereocenters. The molecule has 0 aliphatic carbocycles. The molecule has 0 aliphatic rings. The molecule has 0 saturated heterocycles. The van der Waals surface area contributed by atoms with Crippen molar-refractivity contribution in [3.8, 4) is 78.7 Å². The first-order chi connectivity index (χ1) is 29.1. The van der Waals surface area contributed by atoms with Gasteiger partial charge in [-0.05, 0) is 64.2 Å². The smallest absolute Gasteiger partial charge is 0.160 e. The molecule has 10 rings (SSSR count). The fourth-order valence-electron chi connectivity index (χ4n) is 7.33. The van der Waals surface area contributed by atoms with Gasteiger partial charge in [0.1, 0.15) is 5.82 Å². The largest absolute Gasteiger partial charge is 0.233 e. The van der Waals surface area contributed by atoms with Crippen LogP contribution >= 0.6 is 0 Å². The molecule has 4 heteroatoms. The van der Waals surface area contributed by atoms with Gasteiger partial charge < -0.3 is 0 Å². The van der Waals surface area contributed by atoms with Crippen LogP contribution in [0.15, 0.2) is 224 Å². The van der Waals surface area contributed by atoms with Gasteiger partial charge in [-0.3, -0.25) is 0 Å². The first-order valence-corrected chi connectivity index (χ1v) is 19.8. The van der Waals surface area contributed by atoms with Crippen molar-refractivity contribution in [2.45, 2.75) is 6.92 Å². The van der Waals surface area contributed by atoms with E-state index >= 15 is 0 Å². The van der Waals surface area contributed by atoms with Crippen LogP contribution in [0.4, 0.5) is 0 Å². The third-order valence-electron chi connectivity index (χ3n) is 10.3. The lowest BCUT2D eigenvalue weighted by Gasteiger charge is -2.12. The van der Waals surface area contributed by atoms with Gasteiger partial charge in [0.2, 0.25) is 0 Å². The minimum absolute atomic E-state index is 0.715. The maximum absolute atomic E-state index is 5.04. The molecule has 0 fully saturated rings. The zero-order chi connectivity index (χ0) is 39.8. The second kappa shape index (κ2) is 17.1. The summed E-state index contributed by atoms with van der Waals surface area (Å²) in [5, 5.41) is 2.45. The van der Waals surface area contributed by atoms with Gasteiger partial charge in [-0.2, -0.15) is 0 Å². The zero-order valence-corrected chi connectivity index (χ0v) is 32.7. The summed E-state index contributed by atoms with van der Waals surface area (Å²) >= 11 is 0. The Labute approximate surface area is 345 Å². The van der Waals surface area contributed by atoms with Crippen LogP contribution in [0.1, 0.15) is 5.82 Å². The SMILES string of the molecule is Cc1nc(-c2ccccc2)cc(-c2ccccc2)n1.c1ccc(-c2ccc3cccc(-c4cccc(-c5nc(-c6ccccc6)cc(-c6ccccc6)n5)c4)c3c2)cc1. The molecule has 59 heavy (non-hydrogen) atoms. The van der Waals surface area contributed by atoms with E-state index in [2.05, 4.69) is 156 Å². The lowest BCUT2D eigenvalue weighted by atomic mass is 9.94. The zero-order valence-electron chi connectivity index (χ0n) is 32.7. The van der Waals surface area contributed by atoms with E-state index in [1.54, 1.807) is 0 Å². The van der Waals surface area contributed by atoms with Crippen molar-refractivity contribution in [1.82, 2.24) is 19.9 Å². The van der Waals surface area contributed by atoms with Gasteiger partial charge in [-0.25, -0.2) is 19.9 Å². The topological polar surface area (TPSA) is 51.6 Å². The summed E-state index contributed by atoms with van der Waals surface area (Å²) in [7, 11) is 0. The summed E-state index contributed by atoms with van der Waals surface area (Å²) in [6, 6.07) is 77.5. The minimum Gasteiger partial charge on any atom is -0.233 e. The van der Waals surface area contributed by atoms with Crippen molar-refractivity contribution in [2.75, 3.05) is 0 Å². The van der Waals surface area contributed by atoms with Gasteiger partial charge in [0, 0.05) is 27.8 Å². The average Bonchev–Trinajstić information content (AvgIpc) is 3.32. The van der Waals surface area contributed by atoms with Crippen molar-refractivity contribution < 1.29 is 0 Å². The van der Waals surface area contributed by atoms with E-state index in [4.69, 9.17) is 9.97 Å². The van der Waals surface area contributed by atoms with Crippen LogP contribution in [0.25, 0.3) is 89.4 Å². The van der Waals surface area contributed by atoms with Gasteiger partial charge in [-0.15, -0.1) is 0 Å². The van der Waals surface area contributed by atoms with Crippen LogP contribution in [0.2, 0.25) is 0 Å². The minimum atomic E-state index is 0.715. The molecule has 2 heterocycles. The van der Waals surface area contributed by atoms with E-state index in [1.807, 2.05) is 85.8 Å². The van der Waals surface area contributed by atoms with Crippen LogP contribution in [-0.4, -0.2) is 19.9 Å². The third kappa shape index (κ3) is 8.48. The number of hydrogen-bond donors (Lipinski definition) is 0. The van der Waals surface area contributed by atoms with E-state index < -0.39 is 0 Å². The summed E-state index contributed by atoms with van der Waals surface area (Å²) in [6.45, 7) is 1.93. The van der Waals surface area contributed by atoms with Crippen molar-refractivity contribution in [3.63, 3.8) is 0 Å². The molecule has 0 saturated carbocycles. The van der Waals surface area contributed by atoms with Crippen molar-refractivity contribution in [2.24, 2.45) is 0 Å². The second-order valence-electron chi connectivity index (χ2n) is 14.3. The van der Waals surface area contributed by atoms with Crippen molar-refractivity contribution >= 4 is 10.8 Å². The number of aryl methyl sites for hydroxylation is 1. The second-order valence-corrected chi connectivity index (χ2v) is 14.3. The number of nitrogens with zero attached hydrogens (tertiary/aromatic N) is 4. The summed E-state index contributed by atoms with van der Waals surface area (Å²) in [4.78, 5) is 19.1. The Hall–Kier alpha value is -7.82. The van der Waals surface area contributed by atoms with Crippen LogP contribution in [0.5, 0.6) is 0 Å². The molecule has 8 aromatic carbocycles. The highest BCUT2D eigenvalue weighted by Gasteiger charge is 2.13. The molecule has 2 aromatic heterocycles. The van der Waals surface area contributed by atoms with Gasteiger partial charge in [-0.1, -0.05) is 200 Å². The molecule has 280 valence electrons. The Kier molecular flexibility index (Phi) is 10.7. The maximum atomic E-state index is 5.04. The molecular formula is C55H40N4. The third-order valence-corrected chi connectivity index (χ3v) is 10.3. The number of aromatic nitrogens is 4. The number of fused-ring (bicyclic) bond motifs is 1. The highest BCUT2D eigenvalue weighted by atomic mass is 14.9. The predicted molar refractivity (Wildman–Crippen MR) is 244 cm³/mol. The van der Waals surface area contributed by atoms with E-state index in [0.717, 1.165) is 62.0 Å². The maximum Gasteiger partial charge on any atom is 0.160 e. The first-order valence-electron chi connectivity index (χ1n) is 19.8. The molecule has 0 aliphatic heterocycles. The monoisotopic (exact) mass is 756 g/mol. The Morgan fingerprint density at radius 1 is 0.271 bits per heavy atom. The first kappa shape index (κ1) is 36.8. The molecule has 0 spiro atoms. The van der Waals surface area contributed by atoms with Crippen LogP contribution in [-0.2, 0) is 0 Å². The van der Waals surface area contributed by atoms with Gasteiger partial charge >= 0.3 is 0 Å². The fraction of sp³-hybridized carbons (Fsp3) is 0.0182. The Balaban J connectivity index is 0.000000197. The van der Waals surface area contributed by atoms with Gasteiger partial charge in [0.25, 0.3) is 0 Å². The molecule has 0 radical (unpaired) electrons. The summed E-state index contributed by atoms with van der Waals surface area (Å²) < 4.78 is 0. The van der Waals surface area contributed by atoms with Gasteiger partial charge in [0.15, 0.2) is 5.82 Å².